The van der Waals surface area contributed by atoms with Crippen LogP contribution in [0, 0.1) is 5.92 Å². The van der Waals surface area contributed by atoms with E-state index in [0.717, 1.165) is 25.1 Å². The van der Waals surface area contributed by atoms with Gasteiger partial charge in [-0.15, -0.1) is 0 Å². The minimum absolute atomic E-state index is 0.197. The van der Waals surface area contributed by atoms with Crippen molar-refractivity contribution in [3.8, 4) is 0 Å². The molecule has 1 saturated carbocycles. The number of rotatable bonds is 5. The third kappa shape index (κ3) is 3.46. The quantitative estimate of drug-likeness (QED) is 0.899. The van der Waals surface area contributed by atoms with Gasteiger partial charge in [-0.1, -0.05) is 12.8 Å². The highest BCUT2D eigenvalue weighted by Gasteiger charge is 2.20. The highest BCUT2D eigenvalue weighted by atomic mass is 16.5. The van der Waals surface area contributed by atoms with Crippen molar-refractivity contribution in [2.45, 2.75) is 51.6 Å². The van der Waals surface area contributed by atoms with Gasteiger partial charge in [0.1, 0.15) is 0 Å². The van der Waals surface area contributed by atoms with Gasteiger partial charge in [0.15, 0.2) is 0 Å². The number of nitrogens with zero attached hydrogens (tertiary/aromatic N) is 2. The first-order valence-corrected chi connectivity index (χ1v) is 8.12. The van der Waals surface area contributed by atoms with Crippen LogP contribution in [0.25, 0.3) is 0 Å². The first kappa shape index (κ1) is 14.6. The van der Waals surface area contributed by atoms with Crippen molar-refractivity contribution in [2.24, 2.45) is 13.0 Å². The van der Waals surface area contributed by atoms with Crippen molar-refractivity contribution in [2.75, 3.05) is 13.2 Å². The summed E-state index contributed by atoms with van der Waals surface area (Å²) in [6.07, 6.45) is 7.45. The maximum absolute atomic E-state index is 11.9. The number of aromatic nitrogens is 2. The number of amides is 1. The van der Waals surface area contributed by atoms with E-state index in [1.165, 1.54) is 36.9 Å². The largest absolute Gasteiger partial charge is 0.376 e. The van der Waals surface area contributed by atoms with E-state index in [1.54, 1.807) is 0 Å². The second-order valence-electron chi connectivity index (χ2n) is 6.25. The van der Waals surface area contributed by atoms with E-state index in [2.05, 4.69) is 10.4 Å². The van der Waals surface area contributed by atoms with Gasteiger partial charge in [-0.25, -0.2) is 0 Å². The molecule has 0 aromatic carbocycles. The Morgan fingerprint density at radius 1 is 1.43 bits per heavy atom. The Bertz CT molecular complexity index is 504. The van der Waals surface area contributed by atoms with E-state index in [1.807, 2.05) is 11.7 Å². The minimum Gasteiger partial charge on any atom is -0.376 e. The molecule has 2 heterocycles. The van der Waals surface area contributed by atoms with Crippen LogP contribution in [0.1, 0.15) is 49.1 Å². The van der Waals surface area contributed by atoms with Gasteiger partial charge in [0.05, 0.1) is 18.9 Å². The van der Waals surface area contributed by atoms with Crippen LogP contribution >= 0.6 is 0 Å². The third-order valence-electron chi connectivity index (χ3n) is 4.72. The van der Waals surface area contributed by atoms with Gasteiger partial charge >= 0.3 is 0 Å². The van der Waals surface area contributed by atoms with Crippen LogP contribution in [-0.4, -0.2) is 28.8 Å². The fourth-order valence-electron chi connectivity index (χ4n) is 3.56. The molecular weight excluding hydrogens is 266 g/mol. The summed E-state index contributed by atoms with van der Waals surface area (Å²) in [5.41, 5.74) is 3.59. The highest BCUT2D eigenvalue weighted by Crippen LogP contribution is 2.27. The van der Waals surface area contributed by atoms with Crippen molar-refractivity contribution < 1.29 is 9.53 Å². The number of hydrogen-bond donors (Lipinski definition) is 1. The lowest BCUT2D eigenvalue weighted by atomic mass is 10.0. The van der Waals surface area contributed by atoms with Gasteiger partial charge < -0.3 is 10.1 Å². The van der Waals surface area contributed by atoms with Gasteiger partial charge in [-0.3, -0.25) is 9.48 Å². The highest BCUT2D eigenvalue weighted by molar-refractivity contribution is 5.76. The molecule has 0 atom stereocenters. The molecule has 0 saturated heterocycles. The van der Waals surface area contributed by atoms with Gasteiger partial charge in [0.2, 0.25) is 5.91 Å². The fourth-order valence-corrected chi connectivity index (χ4v) is 3.56. The van der Waals surface area contributed by atoms with Gasteiger partial charge in [0.25, 0.3) is 0 Å². The minimum atomic E-state index is 0.197. The molecule has 0 bridgehead atoms. The molecular formula is C16H25N3O2. The summed E-state index contributed by atoms with van der Waals surface area (Å²) in [4.78, 5) is 11.9. The molecule has 1 fully saturated rings. The predicted octanol–water partition coefficient (Wildman–Crippen LogP) is 1.73. The van der Waals surface area contributed by atoms with E-state index in [0.29, 0.717) is 25.5 Å². The van der Waals surface area contributed by atoms with Gasteiger partial charge in [-0.2, -0.15) is 5.10 Å². The van der Waals surface area contributed by atoms with Gasteiger partial charge in [0, 0.05) is 44.1 Å². The molecule has 1 aromatic heterocycles. The average Bonchev–Trinajstić information content (AvgIpc) is 3.09. The van der Waals surface area contributed by atoms with E-state index >= 15 is 0 Å². The second-order valence-corrected chi connectivity index (χ2v) is 6.25. The van der Waals surface area contributed by atoms with E-state index < -0.39 is 0 Å². The number of carbonyl (C=O) groups is 1. The Morgan fingerprint density at radius 2 is 2.24 bits per heavy atom. The fraction of sp³-hybridized carbons (Fsp3) is 0.750. The Morgan fingerprint density at radius 3 is 3.05 bits per heavy atom. The number of ether oxygens (including phenoxy) is 1. The molecule has 116 valence electrons. The first-order chi connectivity index (χ1) is 10.2. The lowest BCUT2D eigenvalue weighted by molar-refractivity contribution is -0.121. The molecule has 1 N–H and O–H groups in total. The zero-order chi connectivity index (χ0) is 14.7. The Hall–Kier alpha value is -1.36. The molecule has 5 nitrogen and oxygen atoms in total. The van der Waals surface area contributed by atoms with Crippen LogP contribution in [-0.2, 0) is 36.0 Å². The predicted molar refractivity (Wildman–Crippen MR) is 79.9 cm³/mol. The number of fused-ring (bicyclic) bond motifs is 1. The van der Waals surface area contributed by atoms with Crippen LogP contribution in [0.3, 0.4) is 0 Å². The molecule has 1 aliphatic heterocycles. The molecule has 3 rings (SSSR count). The smallest absolute Gasteiger partial charge is 0.220 e. The Balaban J connectivity index is 1.48. The van der Waals surface area contributed by atoms with Crippen LogP contribution in [0.2, 0.25) is 0 Å². The summed E-state index contributed by atoms with van der Waals surface area (Å²) in [5, 5.41) is 7.62. The van der Waals surface area contributed by atoms with Crippen molar-refractivity contribution in [1.82, 2.24) is 15.1 Å². The van der Waals surface area contributed by atoms with E-state index in [-0.39, 0.29) is 5.91 Å². The molecule has 2 aliphatic rings. The van der Waals surface area contributed by atoms with Crippen molar-refractivity contribution in [3.63, 3.8) is 0 Å². The number of aryl methyl sites for hydroxylation is 1. The Labute approximate surface area is 126 Å². The maximum atomic E-state index is 11.9. The average molecular weight is 291 g/mol. The number of carbonyl (C=O) groups excluding carboxylic acids is 1. The Kier molecular flexibility index (Phi) is 4.58. The van der Waals surface area contributed by atoms with Gasteiger partial charge in [-0.05, 0) is 18.8 Å². The molecule has 0 unspecified atom stereocenters. The molecule has 5 heteroatoms. The number of hydrogen-bond acceptors (Lipinski definition) is 3. The van der Waals surface area contributed by atoms with Crippen molar-refractivity contribution in [3.05, 3.63) is 17.0 Å². The monoisotopic (exact) mass is 291 g/mol. The summed E-state index contributed by atoms with van der Waals surface area (Å²) < 4.78 is 7.49. The summed E-state index contributed by atoms with van der Waals surface area (Å²) in [6, 6.07) is 0. The standard InChI is InChI=1S/C16H25N3O2/c1-19-15-7-9-21-11-13(15)14(18-19)6-8-17-16(20)10-12-4-2-3-5-12/h12H,2-11H2,1H3,(H,17,20). The zero-order valence-corrected chi connectivity index (χ0v) is 12.9. The van der Waals surface area contributed by atoms with Crippen LogP contribution in [0.15, 0.2) is 0 Å². The SMILES string of the molecule is Cn1nc(CCNC(=O)CC2CCCC2)c2c1CCOC2. The summed E-state index contributed by atoms with van der Waals surface area (Å²) in [7, 11) is 1.99. The topological polar surface area (TPSA) is 56.2 Å². The van der Waals surface area contributed by atoms with Crippen LogP contribution < -0.4 is 5.32 Å². The molecule has 0 spiro atoms. The molecule has 1 aromatic rings. The molecule has 1 aliphatic carbocycles. The summed E-state index contributed by atoms with van der Waals surface area (Å²) >= 11 is 0. The van der Waals surface area contributed by atoms with Crippen LogP contribution in [0.5, 0.6) is 0 Å². The lowest BCUT2D eigenvalue weighted by Gasteiger charge is -2.14. The lowest BCUT2D eigenvalue weighted by Crippen LogP contribution is -2.27. The molecule has 0 radical (unpaired) electrons. The maximum Gasteiger partial charge on any atom is 0.220 e. The van der Waals surface area contributed by atoms with Crippen molar-refractivity contribution in [1.29, 1.82) is 0 Å². The second kappa shape index (κ2) is 6.60. The first-order valence-electron chi connectivity index (χ1n) is 8.12. The normalized spacial score (nSPS) is 18.7. The van der Waals surface area contributed by atoms with Crippen LogP contribution in [0.4, 0.5) is 0 Å². The summed E-state index contributed by atoms with van der Waals surface area (Å²) in [5.74, 6) is 0.809. The molecule has 1 amide bonds. The zero-order valence-electron chi connectivity index (χ0n) is 12.9. The molecule has 21 heavy (non-hydrogen) atoms. The summed E-state index contributed by atoms with van der Waals surface area (Å²) in [6.45, 7) is 2.12. The van der Waals surface area contributed by atoms with E-state index in [4.69, 9.17) is 4.74 Å². The van der Waals surface area contributed by atoms with Crippen molar-refractivity contribution >= 4 is 5.91 Å². The van der Waals surface area contributed by atoms with E-state index in [9.17, 15) is 4.79 Å². The third-order valence-corrected chi connectivity index (χ3v) is 4.72. The number of nitrogens with one attached hydrogen (secondary N) is 1.